The van der Waals surface area contributed by atoms with Gasteiger partial charge < -0.3 is 14.2 Å². The lowest BCUT2D eigenvalue weighted by Crippen LogP contribution is -2.05. The van der Waals surface area contributed by atoms with Crippen LogP contribution in [0.25, 0.3) is 6.08 Å². The molecule has 5 nitrogen and oxygen atoms in total. The largest absolute Gasteiger partial charge is 0.493 e. The molecule has 0 aromatic heterocycles. The molecule has 7 heteroatoms. The molecule has 2 aromatic rings. The molecule has 0 saturated heterocycles. The highest BCUT2D eigenvalue weighted by Crippen LogP contribution is 2.37. The standard InChI is InChI=1S/C21H19BrFNO4/c1-3-4-8-27-19-16(22)9-13(11-18(19)26-2)10-17-21(25)28-20(24-17)14-6-5-7-15(23)12-14/h5-7,9-12H,3-4,8H2,1-2H3/b17-10-. The van der Waals surface area contributed by atoms with E-state index in [9.17, 15) is 9.18 Å². The van der Waals surface area contributed by atoms with Gasteiger partial charge in [0, 0.05) is 5.56 Å². The minimum Gasteiger partial charge on any atom is -0.493 e. The number of nitrogens with zero attached hydrogens (tertiary/aromatic N) is 1. The summed E-state index contributed by atoms with van der Waals surface area (Å²) in [6.45, 7) is 2.67. The number of carbonyl (C=O) groups excluding carboxylic acids is 1. The summed E-state index contributed by atoms with van der Waals surface area (Å²) in [5.41, 5.74) is 1.20. The molecule has 0 radical (unpaired) electrons. The van der Waals surface area contributed by atoms with Crippen LogP contribution in [0.5, 0.6) is 11.5 Å². The SMILES string of the molecule is CCCCOc1c(Br)cc(/C=C2\N=C(c3cccc(F)c3)OC2=O)cc1OC. The van der Waals surface area contributed by atoms with Crippen LogP contribution >= 0.6 is 15.9 Å². The van der Waals surface area contributed by atoms with E-state index in [0.29, 0.717) is 33.7 Å². The van der Waals surface area contributed by atoms with Crippen molar-refractivity contribution < 1.29 is 23.4 Å². The second kappa shape index (κ2) is 9.01. The van der Waals surface area contributed by atoms with Gasteiger partial charge >= 0.3 is 5.97 Å². The molecule has 0 fully saturated rings. The normalized spacial score (nSPS) is 14.8. The zero-order valence-corrected chi connectivity index (χ0v) is 17.1. The van der Waals surface area contributed by atoms with E-state index < -0.39 is 11.8 Å². The first-order chi connectivity index (χ1) is 13.5. The average molecular weight is 448 g/mol. The van der Waals surface area contributed by atoms with Crippen molar-refractivity contribution in [2.24, 2.45) is 4.99 Å². The number of hydrogen-bond acceptors (Lipinski definition) is 5. The predicted molar refractivity (Wildman–Crippen MR) is 108 cm³/mol. The molecule has 0 saturated carbocycles. The van der Waals surface area contributed by atoms with E-state index in [-0.39, 0.29) is 11.6 Å². The number of carbonyl (C=O) groups is 1. The lowest BCUT2D eigenvalue weighted by Gasteiger charge is -2.13. The molecule has 1 aliphatic rings. The fraction of sp³-hybridized carbons (Fsp3) is 0.238. The maximum absolute atomic E-state index is 13.4. The van der Waals surface area contributed by atoms with Crippen LogP contribution in [-0.2, 0) is 9.53 Å². The van der Waals surface area contributed by atoms with E-state index >= 15 is 0 Å². The zero-order valence-electron chi connectivity index (χ0n) is 15.5. The highest BCUT2D eigenvalue weighted by Gasteiger charge is 2.24. The summed E-state index contributed by atoms with van der Waals surface area (Å²) < 4.78 is 30.5. The van der Waals surface area contributed by atoms with Crippen LogP contribution in [0, 0.1) is 5.82 Å². The van der Waals surface area contributed by atoms with Gasteiger partial charge in [-0.2, -0.15) is 0 Å². The Morgan fingerprint density at radius 3 is 2.82 bits per heavy atom. The van der Waals surface area contributed by atoms with Gasteiger partial charge in [-0.25, -0.2) is 14.2 Å². The fourth-order valence-corrected chi connectivity index (χ4v) is 3.17. The van der Waals surface area contributed by atoms with Crippen molar-refractivity contribution in [2.75, 3.05) is 13.7 Å². The van der Waals surface area contributed by atoms with Crippen molar-refractivity contribution >= 4 is 33.9 Å². The van der Waals surface area contributed by atoms with Crippen molar-refractivity contribution in [3.8, 4) is 11.5 Å². The minimum atomic E-state index is -0.599. The van der Waals surface area contributed by atoms with E-state index in [0.717, 1.165) is 12.8 Å². The molecule has 28 heavy (non-hydrogen) atoms. The molecule has 0 N–H and O–H groups in total. The van der Waals surface area contributed by atoms with E-state index in [1.165, 1.54) is 18.2 Å². The maximum Gasteiger partial charge on any atom is 0.363 e. The van der Waals surface area contributed by atoms with Gasteiger partial charge in [-0.3, -0.25) is 0 Å². The molecule has 0 aliphatic carbocycles. The summed E-state index contributed by atoms with van der Waals surface area (Å²) >= 11 is 3.48. The molecular formula is C21H19BrFNO4. The number of hydrogen-bond donors (Lipinski definition) is 0. The summed E-state index contributed by atoms with van der Waals surface area (Å²) in [7, 11) is 1.55. The zero-order chi connectivity index (χ0) is 20.1. The minimum absolute atomic E-state index is 0.0706. The summed E-state index contributed by atoms with van der Waals surface area (Å²) in [5.74, 6) is 0.189. The average Bonchev–Trinajstić information content (AvgIpc) is 3.03. The van der Waals surface area contributed by atoms with Gasteiger partial charge in [0.25, 0.3) is 0 Å². The molecule has 0 amide bonds. The number of ether oxygens (including phenoxy) is 3. The van der Waals surface area contributed by atoms with Crippen molar-refractivity contribution in [3.63, 3.8) is 0 Å². The van der Waals surface area contributed by atoms with Gasteiger partial charge in [0.05, 0.1) is 18.2 Å². The maximum atomic E-state index is 13.4. The van der Waals surface area contributed by atoms with Crippen LogP contribution in [0.2, 0.25) is 0 Å². The van der Waals surface area contributed by atoms with Crippen LogP contribution in [0.3, 0.4) is 0 Å². The van der Waals surface area contributed by atoms with E-state index in [2.05, 4.69) is 27.8 Å². The molecule has 0 atom stereocenters. The number of cyclic esters (lactones) is 1. The van der Waals surface area contributed by atoms with Gasteiger partial charge in [-0.05, 0) is 64.3 Å². The number of methoxy groups -OCH3 is 1. The number of unbranched alkanes of at least 4 members (excludes halogenated alkanes) is 1. The van der Waals surface area contributed by atoms with Gasteiger partial charge in [-0.15, -0.1) is 0 Å². The van der Waals surface area contributed by atoms with E-state index in [4.69, 9.17) is 14.2 Å². The number of esters is 1. The van der Waals surface area contributed by atoms with Crippen LogP contribution in [0.15, 0.2) is 51.6 Å². The molecule has 0 unspecified atom stereocenters. The first kappa shape index (κ1) is 20.1. The van der Waals surface area contributed by atoms with Crippen molar-refractivity contribution in [2.45, 2.75) is 19.8 Å². The van der Waals surface area contributed by atoms with Gasteiger partial charge in [0.15, 0.2) is 17.2 Å². The Kier molecular flexibility index (Phi) is 6.46. The van der Waals surface area contributed by atoms with Crippen LogP contribution in [0.1, 0.15) is 30.9 Å². The number of benzene rings is 2. The molecule has 1 aliphatic heterocycles. The Balaban J connectivity index is 1.90. The molecule has 1 heterocycles. The van der Waals surface area contributed by atoms with Gasteiger partial charge in [0.2, 0.25) is 5.90 Å². The van der Waals surface area contributed by atoms with Crippen molar-refractivity contribution in [3.05, 3.63) is 63.5 Å². The highest BCUT2D eigenvalue weighted by atomic mass is 79.9. The van der Waals surface area contributed by atoms with Crippen LogP contribution in [0.4, 0.5) is 4.39 Å². The van der Waals surface area contributed by atoms with E-state index in [1.807, 2.05) is 0 Å². The third-order valence-corrected chi connectivity index (χ3v) is 4.58. The third kappa shape index (κ3) is 4.59. The Morgan fingerprint density at radius 1 is 1.29 bits per heavy atom. The molecule has 0 spiro atoms. The second-order valence-electron chi connectivity index (χ2n) is 6.08. The Bertz CT molecular complexity index is 955. The molecule has 146 valence electrons. The summed E-state index contributed by atoms with van der Waals surface area (Å²) in [6, 6.07) is 9.28. The number of halogens is 2. The van der Waals surface area contributed by atoms with Gasteiger partial charge in [0.1, 0.15) is 5.82 Å². The van der Waals surface area contributed by atoms with E-state index in [1.54, 1.807) is 31.4 Å². The summed E-state index contributed by atoms with van der Waals surface area (Å²) in [6.07, 6.45) is 3.54. The topological polar surface area (TPSA) is 57.1 Å². The Hall–Kier alpha value is -2.67. The van der Waals surface area contributed by atoms with Crippen molar-refractivity contribution in [1.29, 1.82) is 0 Å². The lowest BCUT2D eigenvalue weighted by molar-refractivity contribution is -0.129. The number of rotatable bonds is 7. The molecule has 2 aromatic carbocycles. The first-order valence-corrected chi connectivity index (χ1v) is 9.60. The Morgan fingerprint density at radius 2 is 2.11 bits per heavy atom. The third-order valence-electron chi connectivity index (χ3n) is 3.99. The highest BCUT2D eigenvalue weighted by molar-refractivity contribution is 9.10. The molecular weight excluding hydrogens is 429 g/mol. The second-order valence-corrected chi connectivity index (χ2v) is 6.94. The fourth-order valence-electron chi connectivity index (χ4n) is 2.59. The quantitative estimate of drug-likeness (QED) is 0.335. The predicted octanol–water partition coefficient (Wildman–Crippen LogP) is 5.12. The first-order valence-electron chi connectivity index (χ1n) is 8.80. The molecule has 3 rings (SSSR count). The van der Waals surface area contributed by atoms with Crippen LogP contribution < -0.4 is 9.47 Å². The molecule has 0 bridgehead atoms. The van der Waals surface area contributed by atoms with Crippen molar-refractivity contribution in [1.82, 2.24) is 0 Å². The monoisotopic (exact) mass is 447 g/mol. The van der Waals surface area contributed by atoms with Crippen LogP contribution in [-0.4, -0.2) is 25.6 Å². The van der Waals surface area contributed by atoms with Gasteiger partial charge in [-0.1, -0.05) is 19.4 Å². The summed E-state index contributed by atoms with van der Waals surface area (Å²) in [5, 5.41) is 0. The number of aliphatic imine (C=N–C) groups is 1. The smallest absolute Gasteiger partial charge is 0.363 e. The summed E-state index contributed by atoms with van der Waals surface area (Å²) in [4.78, 5) is 16.4. The Labute approximate surface area is 171 Å². The lowest BCUT2D eigenvalue weighted by atomic mass is 10.1.